The van der Waals surface area contributed by atoms with Crippen LogP contribution in [0.15, 0.2) is 48.5 Å². The number of benzene rings is 2. The summed E-state index contributed by atoms with van der Waals surface area (Å²) in [6.07, 6.45) is 0. The average molecular weight is 288 g/mol. The molecule has 0 aliphatic carbocycles. The highest BCUT2D eigenvalue weighted by Gasteiger charge is 2.10. The molecule has 0 aliphatic rings. The molecule has 3 rings (SSSR count). The third kappa shape index (κ3) is 2.03. The van der Waals surface area contributed by atoms with Gasteiger partial charge in [-0.2, -0.15) is 0 Å². The first kappa shape index (κ1) is 11.7. The Kier molecular flexibility index (Phi) is 3.07. The molecular weight excluding hydrogens is 280 g/mol. The molecule has 0 fully saturated rings. The first-order chi connectivity index (χ1) is 8.75. The lowest BCUT2D eigenvalue weighted by molar-refractivity contribution is 0.103. The maximum Gasteiger partial charge on any atom is 0.193 e. The number of carbonyl (C=O) groups is 1. The van der Waals surface area contributed by atoms with E-state index in [9.17, 15) is 4.79 Å². The summed E-state index contributed by atoms with van der Waals surface area (Å²) in [6.45, 7) is 0. The lowest BCUT2D eigenvalue weighted by atomic mass is 10.0. The van der Waals surface area contributed by atoms with Gasteiger partial charge < -0.3 is 0 Å². The molecule has 0 saturated carbocycles. The van der Waals surface area contributed by atoms with Crippen LogP contribution in [-0.4, -0.2) is 5.78 Å². The van der Waals surface area contributed by atoms with Gasteiger partial charge in [-0.1, -0.05) is 63.2 Å². The molecule has 1 aromatic heterocycles. The Morgan fingerprint density at radius 3 is 2.50 bits per heavy atom. The van der Waals surface area contributed by atoms with Crippen LogP contribution in [0.5, 0.6) is 0 Å². The Morgan fingerprint density at radius 1 is 0.944 bits per heavy atom. The van der Waals surface area contributed by atoms with Crippen molar-refractivity contribution in [3.8, 4) is 0 Å². The summed E-state index contributed by atoms with van der Waals surface area (Å²) in [7, 11) is 3.24. The molecule has 3 aromatic rings. The van der Waals surface area contributed by atoms with Crippen molar-refractivity contribution >= 4 is 48.8 Å². The van der Waals surface area contributed by atoms with Crippen LogP contribution >= 0.6 is 32.9 Å². The SMILES string of the molecule is O=C(c1ccccc1)c1ccc2ssc(=S)c2c1. The smallest absolute Gasteiger partial charge is 0.193 e. The molecule has 0 aliphatic heterocycles. The number of hydrogen-bond donors (Lipinski definition) is 0. The average Bonchev–Trinajstić information content (AvgIpc) is 2.80. The highest BCUT2D eigenvalue weighted by molar-refractivity contribution is 7.81. The van der Waals surface area contributed by atoms with E-state index in [0.717, 1.165) is 13.9 Å². The summed E-state index contributed by atoms with van der Waals surface area (Å²) in [4.78, 5) is 12.3. The summed E-state index contributed by atoms with van der Waals surface area (Å²) in [5, 5.41) is 1.02. The monoisotopic (exact) mass is 288 g/mol. The highest BCUT2D eigenvalue weighted by atomic mass is 32.9. The fourth-order valence-electron chi connectivity index (χ4n) is 1.79. The van der Waals surface area contributed by atoms with Crippen molar-refractivity contribution in [3.63, 3.8) is 0 Å². The molecule has 1 heterocycles. The Hall–Kier alpha value is -1.36. The minimum absolute atomic E-state index is 0.0445. The molecule has 0 radical (unpaired) electrons. The zero-order valence-corrected chi connectivity index (χ0v) is 11.7. The molecule has 0 bridgehead atoms. The van der Waals surface area contributed by atoms with Crippen LogP contribution in [0.2, 0.25) is 0 Å². The molecule has 0 atom stereocenters. The topological polar surface area (TPSA) is 17.1 Å². The van der Waals surface area contributed by atoms with E-state index in [-0.39, 0.29) is 5.78 Å². The largest absolute Gasteiger partial charge is 0.289 e. The van der Waals surface area contributed by atoms with E-state index in [4.69, 9.17) is 12.2 Å². The second kappa shape index (κ2) is 4.72. The predicted octanol–water partition coefficient (Wildman–Crippen LogP) is 4.92. The maximum absolute atomic E-state index is 12.3. The third-order valence-electron chi connectivity index (χ3n) is 2.70. The van der Waals surface area contributed by atoms with Crippen molar-refractivity contribution in [1.29, 1.82) is 0 Å². The number of hydrogen-bond acceptors (Lipinski definition) is 4. The van der Waals surface area contributed by atoms with Gasteiger partial charge in [0, 0.05) is 21.2 Å². The van der Waals surface area contributed by atoms with Gasteiger partial charge in [0.1, 0.15) is 3.82 Å². The van der Waals surface area contributed by atoms with Crippen LogP contribution in [-0.2, 0) is 0 Å². The van der Waals surface area contributed by atoms with Crippen LogP contribution in [0.1, 0.15) is 15.9 Å². The van der Waals surface area contributed by atoms with Gasteiger partial charge in [-0.25, -0.2) is 0 Å². The second-order valence-electron chi connectivity index (χ2n) is 3.86. The van der Waals surface area contributed by atoms with E-state index in [1.807, 2.05) is 48.5 Å². The standard InChI is InChI=1S/C14H8OS3/c15-13(9-4-2-1-3-5-9)10-6-7-12-11(8-10)14(16)18-17-12/h1-8H. The third-order valence-corrected chi connectivity index (χ3v) is 5.77. The Bertz CT molecular complexity index is 768. The van der Waals surface area contributed by atoms with Gasteiger partial charge in [0.15, 0.2) is 5.78 Å². The Balaban J connectivity index is 2.12. The van der Waals surface area contributed by atoms with E-state index in [1.54, 1.807) is 20.7 Å². The maximum atomic E-state index is 12.3. The van der Waals surface area contributed by atoms with Crippen LogP contribution in [0.3, 0.4) is 0 Å². The van der Waals surface area contributed by atoms with Gasteiger partial charge in [0.2, 0.25) is 0 Å². The second-order valence-corrected chi connectivity index (χ2v) is 6.71. The van der Waals surface area contributed by atoms with Gasteiger partial charge in [0.05, 0.1) is 0 Å². The van der Waals surface area contributed by atoms with Crippen molar-refractivity contribution in [3.05, 3.63) is 63.5 Å². The van der Waals surface area contributed by atoms with E-state index in [1.165, 1.54) is 0 Å². The van der Waals surface area contributed by atoms with Crippen molar-refractivity contribution in [2.24, 2.45) is 0 Å². The molecule has 18 heavy (non-hydrogen) atoms. The van der Waals surface area contributed by atoms with Crippen molar-refractivity contribution < 1.29 is 4.79 Å². The number of rotatable bonds is 2. The molecule has 0 spiro atoms. The molecule has 4 heteroatoms. The van der Waals surface area contributed by atoms with E-state index < -0.39 is 0 Å². The number of ketones is 1. The fourth-order valence-corrected chi connectivity index (χ4v) is 4.39. The van der Waals surface area contributed by atoms with Crippen LogP contribution in [0, 0.1) is 3.82 Å². The number of fused-ring (bicyclic) bond motifs is 1. The van der Waals surface area contributed by atoms with E-state index in [0.29, 0.717) is 11.1 Å². The minimum atomic E-state index is 0.0445. The molecule has 0 N–H and O–H groups in total. The molecule has 0 amide bonds. The Labute approximate surface area is 117 Å². The minimum Gasteiger partial charge on any atom is -0.289 e. The molecule has 0 unspecified atom stereocenters. The van der Waals surface area contributed by atoms with Crippen LogP contribution in [0.25, 0.3) is 10.1 Å². The molecule has 2 aromatic carbocycles. The van der Waals surface area contributed by atoms with Gasteiger partial charge in [-0.05, 0) is 18.2 Å². The summed E-state index contributed by atoms with van der Waals surface area (Å²) >= 11 is 5.27. The Morgan fingerprint density at radius 2 is 1.72 bits per heavy atom. The number of carbonyl (C=O) groups excluding carboxylic acids is 1. The van der Waals surface area contributed by atoms with Crippen LogP contribution in [0.4, 0.5) is 0 Å². The summed E-state index contributed by atoms with van der Waals surface area (Å²) in [5.41, 5.74) is 1.41. The lowest BCUT2D eigenvalue weighted by Crippen LogP contribution is -2.00. The van der Waals surface area contributed by atoms with Crippen molar-refractivity contribution in [1.82, 2.24) is 0 Å². The van der Waals surface area contributed by atoms with Crippen molar-refractivity contribution in [2.75, 3.05) is 0 Å². The first-order valence-corrected chi connectivity index (χ1v) is 7.94. The summed E-state index contributed by atoms with van der Waals surface area (Å²) in [5.74, 6) is 0.0445. The zero-order chi connectivity index (χ0) is 12.5. The predicted molar refractivity (Wildman–Crippen MR) is 80.4 cm³/mol. The molecule has 0 saturated heterocycles. The molecule has 1 nitrogen and oxygen atoms in total. The van der Waals surface area contributed by atoms with Gasteiger partial charge in [-0.15, -0.1) is 0 Å². The lowest BCUT2D eigenvalue weighted by Gasteiger charge is -2.00. The van der Waals surface area contributed by atoms with Gasteiger partial charge in [0.25, 0.3) is 0 Å². The fraction of sp³-hybridized carbons (Fsp3) is 0. The normalized spacial score (nSPS) is 10.7. The summed E-state index contributed by atoms with van der Waals surface area (Å²) < 4.78 is 2.01. The molecular formula is C14H8OS3. The quantitative estimate of drug-likeness (QED) is 0.378. The van der Waals surface area contributed by atoms with Crippen molar-refractivity contribution in [2.45, 2.75) is 0 Å². The van der Waals surface area contributed by atoms with Gasteiger partial charge in [-0.3, -0.25) is 4.79 Å². The molecule has 88 valence electrons. The zero-order valence-electron chi connectivity index (χ0n) is 9.25. The summed E-state index contributed by atoms with van der Waals surface area (Å²) in [6, 6.07) is 15.1. The first-order valence-electron chi connectivity index (χ1n) is 5.38. The van der Waals surface area contributed by atoms with Crippen LogP contribution < -0.4 is 0 Å². The highest BCUT2D eigenvalue weighted by Crippen LogP contribution is 2.29. The van der Waals surface area contributed by atoms with E-state index in [2.05, 4.69) is 0 Å². The van der Waals surface area contributed by atoms with E-state index >= 15 is 0 Å². The van der Waals surface area contributed by atoms with Gasteiger partial charge >= 0.3 is 0 Å².